The Bertz CT molecular complexity index is 514. The van der Waals surface area contributed by atoms with Crippen molar-refractivity contribution in [2.24, 2.45) is 11.1 Å². The molecule has 2 fully saturated rings. The van der Waals surface area contributed by atoms with Crippen LogP contribution < -0.4 is 5.32 Å². The van der Waals surface area contributed by atoms with Crippen LogP contribution >= 0.6 is 22.6 Å². The van der Waals surface area contributed by atoms with Crippen LogP contribution in [0.5, 0.6) is 0 Å². The van der Waals surface area contributed by atoms with Crippen LogP contribution in [0.15, 0.2) is 29.4 Å². The number of nitrogens with one attached hydrogen (secondary N) is 1. The van der Waals surface area contributed by atoms with E-state index in [0.29, 0.717) is 23.9 Å². The molecule has 3 rings (SSSR count). The third-order valence-electron chi connectivity index (χ3n) is 4.94. The summed E-state index contributed by atoms with van der Waals surface area (Å²) in [7, 11) is 1.66. The number of fused-ring (bicyclic) bond motifs is 2. The number of hydrogen-bond acceptors (Lipinski definition) is 3. The van der Waals surface area contributed by atoms with Crippen molar-refractivity contribution in [3.05, 3.63) is 33.4 Å². The standard InChI is InChI=1S/C17H23IN2O/c1-3-15(20-21-2)17-14(10-13-8-9-16(17)19-13)11-4-6-12(18)7-5-11/h4-7,13-14,16-17,19H,3,8-10H2,1-2H3/t13?,14-,16-,17-/m1/s1. The molecular weight excluding hydrogens is 375 g/mol. The van der Waals surface area contributed by atoms with Crippen molar-refractivity contribution in [1.82, 2.24) is 5.32 Å². The van der Waals surface area contributed by atoms with E-state index < -0.39 is 0 Å². The van der Waals surface area contributed by atoms with Gasteiger partial charge in [-0.15, -0.1) is 0 Å². The number of piperidine rings is 1. The quantitative estimate of drug-likeness (QED) is 0.474. The molecule has 0 radical (unpaired) electrons. The highest BCUT2D eigenvalue weighted by Gasteiger charge is 2.44. The minimum Gasteiger partial charge on any atom is -0.399 e. The van der Waals surface area contributed by atoms with E-state index in [0.717, 1.165) is 6.42 Å². The van der Waals surface area contributed by atoms with Gasteiger partial charge in [0.2, 0.25) is 0 Å². The van der Waals surface area contributed by atoms with Crippen molar-refractivity contribution in [2.45, 2.75) is 50.6 Å². The Morgan fingerprint density at radius 3 is 2.76 bits per heavy atom. The van der Waals surface area contributed by atoms with E-state index in [1.165, 1.54) is 34.1 Å². The van der Waals surface area contributed by atoms with Gasteiger partial charge in [-0.3, -0.25) is 0 Å². The van der Waals surface area contributed by atoms with Crippen molar-refractivity contribution in [3.8, 4) is 0 Å². The van der Waals surface area contributed by atoms with Crippen LogP contribution in [-0.4, -0.2) is 24.9 Å². The molecule has 0 amide bonds. The van der Waals surface area contributed by atoms with Crippen molar-refractivity contribution >= 4 is 28.3 Å². The van der Waals surface area contributed by atoms with Crippen molar-refractivity contribution < 1.29 is 4.84 Å². The molecule has 2 aliphatic rings. The van der Waals surface area contributed by atoms with E-state index in [-0.39, 0.29) is 0 Å². The zero-order valence-corrected chi connectivity index (χ0v) is 14.8. The highest BCUT2D eigenvalue weighted by atomic mass is 127. The largest absolute Gasteiger partial charge is 0.399 e. The molecule has 3 nitrogen and oxygen atoms in total. The first-order valence-corrected chi connectivity index (χ1v) is 8.92. The third-order valence-corrected chi connectivity index (χ3v) is 5.65. The highest BCUT2D eigenvalue weighted by Crippen LogP contribution is 2.43. The maximum absolute atomic E-state index is 5.12. The summed E-state index contributed by atoms with van der Waals surface area (Å²) in [6.07, 6.45) is 4.73. The van der Waals surface area contributed by atoms with Crippen LogP contribution in [0.3, 0.4) is 0 Å². The van der Waals surface area contributed by atoms with Crippen LogP contribution in [0.1, 0.15) is 44.1 Å². The van der Waals surface area contributed by atoms with Gasteiger partial charge < -0.3 is 10.2 Å². The number of oxime groups is 1. The van der Waals surface area contributed by atoms with E-state index in [1.807, 2.05) is 0 Å². The fourth-order valence-electron chi connectivity index (χ4n) is 4.05. The lowest BCUT2D eigenvalue weighted by Crippen LogP contribution is -2.47. The molecule has 0 spiro atoms. The van der Waals surface area contributed by atoms with Gasteiger partial charge in [-0.2, -0.15) is 0 Å². The highest BCUT2D eigenvalue weighted by molar-refractivity contribution is 14.1. The molecule has 1 N–H and O–H groups in total. The van der Waals surface area contributed by atoms with Gasteiger partial charge in [0.15, 0.2) is 0 Å². The molecule has 0 aliphatic carbocycles. The second kappa shape index (κ2) is 6.65. The summed E-state index contributed by atoms with van der Waals surface area (Å²) in [4.78, 5) is 5.12. The van der Waals surface area contributed by atoms with E-state index in [1.54, 1.807) is 7.11 Å². The topological polar surface area (TPSA) is 33.6 Å². The zero-order chi connectivity index (χ0) is 14.8. The Labute approximate surface area is 140 Å². The molecule has 2 heterocycles. The molecule has 114 valence electrons. The molecule has 0 saturated carbocycles. The molecule has 2 bridgehead atoms. The van der Waals surface area contributed by atoms with Gasteiger partial charge in [-0.25, -0.2) is 0 Å². The normalized spacial score (nSPS) is 32.2. The molecule has 1 aromatic rings. The molecule has 0 aromatic heterocycles. The van der Waals surface area contributed by atoms with Crippen LogP contribution in [0.4, 0.5) is 0 Å². The van der Waals surface area contributed by atoms with Crippen molar-refractivity contribution in [2.75, 3.05) is 7.11 Å². The Hall–Kier alpha value is -0.620. The van der Waals surface area contributed by atoms with Gasteiger partial charge in [-0.1, -0.05) is 24.2 Å². The summed E-state index contributed by atoms with van der Waals surface area (Å²) < 4.78 is 1.30. The predicted molar refractivity (Wildman–Crippen MR) is 94.7 cm³/mol. The number of benzene rings is 1. The maximum Gasteiger partial charge on any atom is 0.106 e. The first-order valence-electron chi connectivity index (χ1n) is 7.84. The number of hydrogen-bond donors (Lipinski definition) is 1. The van der Waals surface area contributed by atoms with E-state index in [4.69, 9.17) is 4.84 Å². The third kappa shape index (κ3) is 3.11. The molecule has 2 saturated heterocycles. The summed E-state index contributed by atoms with van der Waals surface area (Å²) in [5.74, 6) is 1.03. The smallest absolute Gasteiger partial charge is 0.106 e. The van der Waals surface area contributed by atoms with Crippen molar-refractivity contribution in [1.29, 1.82) is 0 Å². The minimum atomic E-state index is 0.466. The van der Waals surface area contributed by atoms with Gasteiger partial charge in [0, 0.05) is 21.6 Å². The van der Waals surface area contributed by atoms with Crippen LogP contribution in [0.2, 0.25) is 0 Å². The summed E-state index contributed by atoms with van der Waals surface area (Å²) in [5.41, 5.74) is 2.66. The number of rotatable bonds is 4. The molecule has 2 aliphatic heterocycles. The summed E-state index contributed by atoms with van der Waals surface area (Å²) in [6, 6.07) is 10.3. The summed E-state index contributed by atoms with van der Waals surface area (Å²) in [6.45, 7) is 2.18. The Morgan fingerprint density at radius 1 is 1.33 bits per heavy atom. The van der Waals surface area contributed by atoms with Gasteiger partial charge in [-0.05, 0) is 71.9 Å². The first kappa shape index (κ1) is 15.3. The van der Waals surface area contributed by atoms with Gasteiger partial charge in [0.25, 0.3) is 0 Å². The lowest BCUT2D eigenvalue weighted by atomic mass is 9.74. The average Bonchev–Trinajstić information content (AvgIpc) is 2.88. The average molecular weight is 398 g/mol. The lowest BCUT2D eigenvalue weighted by Gasteiger charge is -2.38. The fraction of sp³-hybridized carbons (Fsp3) is 0.588. The number of halogens is 1. The first-order chi connectivity index (χ1) is 10.2. The van der Waals surface area contributed by atoms with Crippen LogP contribution in [0.25, 0.3) is 0 Å². The monoisotopic (exact) mass is 398 g/mol. The molecule has 1 unspecified atom stereocenters. The molecule has 21 heavy (non-hydrogen) atoms. The van der Waals surface area contributed by atoms with Gasteiger partial charge in [0.05, 0.1) is 5.71 Å². The van der Waals surface area contributed by atoms with Gasteiger partial charge >= 0.3 is 0 Å². The minimum absolute atomic E-state index is 0.466. The predicted octanol–water partition coefficient (Wildman–Crippen LogP) is 3.93. The maximum atomic E-state index is 5.12. The summed E-state index contributed by atoms with van der Waals surface area (Å²) in [5, 5.41) is 8.14. The second-order valence-electron chi connectivity index (χ2n) is 6.09. The van der Waals surface area contributed by atoms with E-state index in [2.05, 4.69) is 64.3 Å². The molecular formula is C17H23IN2O. The van der Waals surface area contributed by atoms with Crippen molar-refractivity contribution in [3.63, 3.8) is 0 Å². The Morgan fingerprint density at radius 2 is 2.10 bits per heavy atom. The zero-order valence-electron chi connectivity index (χ0n) is 12.7. The van der Waals surface area contributed by atoms with Crippen LogP contribution in [-0.2, 0) is 4.84 Å². The Kier molecular flexibility index (Phi) is 4.84. The van der Waals surface area contributed by atoms with E-state index in [9.17, 15) is 0 Å². The molecule has 4 atom stereocenters. The molecule has 1 aromatic carbocycles. The van der Waals surface area contributed by atoms with Crippen LogP contribution in [0, 0.1) is 9.49 Å². The second-order valence-corrected chi connectivity index (χ2v) is 7.33. The lowest BCUT2D eigenvalue weighted by molar-refractivity contribution is 0.204. The Balaban J connectivity index is 1.95. The van der Waals surface area contributed by atoms with Gasteiger partial charge in [0.1, 0.15) is 7.11 Å². The SMILES string of the molecule is CCC(=NOC)[C@H]1[C@@H](c2ccc(I)cc2)CC2CC[C@H]1N2. The summed E-state index contributed by atoms with van der Waals surface area (Å²) >= 11 is 2.37. The van der Waals surface area contributed by atoms with E-state index >= 15 is 0 Å². The number of nitrogens with zero attached hydrogens (tertiary/aromatic N) is 1. The fourth-order valence-corrected chi connectivity index (χ4v) is 4.41. The molecule has 4 heteroatoms.